The zero-order chi connectivity index (χ0) is 7.40. The molecule has 0 spiro atoms. The summed E-state index contributed by atoms with van der Waals surface area (Å²) in [4.78, 5) is 0. The predicted octanol–water partition coefficient (Wildman–Crippen LogP) is 3.37. The van der Waals surface area contributed by atoms with Crippen LogP contribution in [0, 0.1) is 0 Å². The molecule has 10 heavy (non-hydrogen) atoms. The summed E-state index contributed by atoms with van der Waals surface area (Å²) >= 11 is 5.75. The van der Waals surface area contributed by atoms with E-state index in [1.807, 2.05) is 43.3 Å². The first-order chi connectivity index (χ1) is 4.83. The van der Waals surface area contributed by atoms with Crippen LogP contribution in [0.2, 0.25) is 5.02 Å². The van der Waals surface area contributed by atoms with Crippen molar-refractivity contribution in [1.82, 2.24) is 0 Å². The molecule has 0 aliphatic rings. The monoisotopic (exact) mass is 152 g/mol. The lowest BCUT2D eigenvalue weighted by atomic mass is 10.2. The molecule has 0 N–H and O–H groups in total. The Bertz CT molecular complexity index is 238. The molecule has 0 radical (unpaired) electrons. The standard InChI is InChI=1S/C9H9Cl/c1-2-4-8-5-3-6-9(10)7-8/h2-7H,1H3/b4-2-. The Hall–Kier alpha value is -0.750. The van der Waals surface area contributed by atoms with E-state index in [4.69, 9.17) is 11.6 Å². The Morgan fingerprint density at radius 3 is 2.80 bits per heavy atom. The molecule has 0 aliphatic carbocycles. The molecule has 0 amide bonds. The molecule has 0 saturated heterocycles. The molecule has 1 rings (SSSR count). The highest BCUT2D eigenvalue weighted by atomic mass is 35.5. The minimum Gasteiger partial charge on any atom is -0.0871 e. The summed E-state index contributed by atoms with van der Waals surface area (Å²) in [5, 5.41) is 0.788. The van der Waals surface area contributed by atoms with Gasteiger partial charge in [-0.2, -0.15) is 0 Å². The second-order valence-electron chi connectivity index (χ2n) is 2.06. The maximum absolute atomic E-state index is 5.75. The SMILES string of the molecule is C/C=C\c1cccc(Cl)c1. The van der Waals surface area contributed by atoms with Gasteiger partial charge in [0.2, 0.25) is 0 Å². The van der Waals surface area contributed by atoms with E-state index in [0.29, 0.717) is 0 Å². The zero-order valence-electron chi connectivity index (χ0n) is 5.84. The molecule has 0 nitrogen and oxygen atoms in total. The molecule has 1 aromatic carbocycles. The number of benzene rings is 1. The fourth-order valence-corrected chi connectivity index (χ4v) is 1.00. The summed E-state index contributed by atoms with van der Waals surface area (Å²) in [5.41, 5.74) is 1.15. The molecular weight excluding hydrogens is 144 g/mol. The van der Waals surface area contributed by atoms with Gasteiger partial charge in [-0.3, -0.25) is 0 Å². The van der Waals surface area contributed by atoms with Gasteiger partial charge in [-0.15, -0.1) is 0 Å². The van der Waals surface area contributed by atoms with Crippen LogP contribution in [0.15, 0.2) is 30.3 Å². The van der Waals surface area contributed by atoms with Crippen molar-refractivity contribution in [2.75, 3.05) is 0 Å². The smallest absolute Gasteiger partial charge is 0.0411 e. The summed E-state index contributed by atoms with van der Waals surface area (Å²) in [5.74, 6) is 0. The number of allylic oxidation sites excluding steroid dienone is 1. The molecule has 0 bridgehead atoms. The Morgan fingerprint density at radius 2 is 2.20 bits per heavy atom. The van der Waals surface area contributed by atoms with Gasteiger partial charge in [0.25, 0.3) is 0 Å². The van der Waals surface area contributed by atoms with Gasteiger partial charge in [-0.05, 0) is 24.6 Å². The topological polar surface area (TPSA) is 0 Å². The highest BCUT2D eigenvalue weighted by molar-refractivity contribution is 6.30. The van der Waals surface area contributed by atoms with Crippen LogP contribution < -0.4 is 0 Å². The zero-order valence-corrected chi connectivity index (χ0v) is 6.60. The molecule has 0 unspecified atom stereocenters. The van der Waals surface area contributed by atoms with E-state index in [0.717, 1.165) is 10.6 Å². The van der Waals surface area contributed by atoms with Crippen molar-refractivity contribution in [3.05, 3.63) is 40.9 Å². The number of hydrogen-bond donors (Lipinski definition) is 0. The van der Waals surface area contributed by atoms with Gasteiger partial charge in [-0.1, -0.05) is 35.9 Å². The van der Waals surface area contributed by atoms with Crippen LogP contribution in [0.4, 0.5) is 0 Å². The number of hydrogen-bond acceptors (Lipinski definition) is 0. The Morgan fingerprint density at radius 1 is 1.40 bits per heavy atom. The van der Waals surface area contributed by atoms with E-state index in [1.54, 1.807) is 0 Å². The quantitative estimate of drug-likeness (QED) is 0.579. The van der Waals surface area contributed by atoms with Crippen LogP contribution in [0.3, 0.4) is 0 Å². The van der Waals surface area contributed by atoms with Crippen molar-refractivity contribution >= 4 is 17.7 Å². The highest BCUT2D eigenvalue weighted by Crippen LogP contribution is 2.11. The summed E-state index contributed by atoms with van der Waals surface area (Å²) in [6.45, 7) is 1.99. The third kappa shape index (κ3) is 1.89. The maximum atomic E-state index is 5.75. The van der Waals surface area contributed by atoms with E-state index >= 15 is 0 Å². The molecule has 1 heteroatoms. The lowest BCUT2D eigenvalue weighted by molar-refractivity contribution is 1.64. The van der Waals surface area contributed by atoms with Crippen LogP contribution in [-0.2, 0) is 0 Å². The fraction of sp³-hybridized carbons (Fsp3) is 0.111. The van der Waals surface area contributed by atoms with Crippen LogP contribution in [0.1, 0.15) is 12.5 Å². The average molecular weight is 153 g/mol. The molecule has 0 atom stereocenters. The van der Waals surface area contributed by atoms with Crippen molar-refractivity contribution < 1.29 is 0 Å². The summed E-state index contributed by atoms with van der Waals surface area (Å²) < 4.78 is 0. The Balaban J connectivity index is 2.95. The number of rotatable bonds is 1. The molecular formula is C9H9Cl. The normalized spacial score (nSPS) is 10.6. The van der Waals surface area contributed by atoms with Gasteiger partial charge in [-0.25, -0.2) is 0 Å². The largest absolute Gasteiger partial charge is 0.0871 e. The molecule has 0 aliphatic heterocycles. The van der Waals surface area contributed by atoms with E-state index in [9.17, 15) is 0 Å². The Labute approximate surface area is 66.1 Å². The predicted molar refractivity (Wildman–Crippen MR) is 46.2 cm³/mol. The van der Waals surface area contributed by atoms with Gasteiger partial charge >= 0.3 is 0 Å². The number of halogens is 1. The van der Waals surface area contributed by atoms with E-state index in [2.05, 4.69) is 0 Å². The van der Waals surface area contributed by atoms with Crippen LogP contribution in [0.5, 0.6) is 0 Å². The van der Waals surface area contributed by atoms with Crippen molar-refractivity contribution in [1.29, 1.82) is 0 Å². The van der Waals surface area contributed by atoms with E-state index < -0.39 is 0 Å². The molecule has 0 saturated carbocycles. The van der Waals surface area contributed by atoms with Crippen LogP contribution in [-0.4, -0.2) is 0 Å². The van der Waals surface area contributed by atoms with Crippen molar-refractivity contribution in [3.8, 4) is 0 Å². The first-order valence-corrected chi connectivity index (χ1v) is 3.59. The molecule has 0 fully saturated rings. The van der Waals surface area contributed by atoms with E-state index in [-0.39, 0.29) is 0 Å². The maximum Gasteiger partial charge on any atom is 0.0411 e. The first-order valence-electron chi connectivity index (χ1n) is 3.21. The minimum atomic E-state index is 0.788. The summed E-state index contributed by atoms with van der Waals surface area (Å²) in [7, 11) is 0. The minimum absolute atomic E-state index is 0.788. The van der Waals surface area contributed by atoms with E-state index in [1.165, 1.54) is 0 Å². The summed E-state index contributed by atoms with van der Waals surface area (Å²) in [6, 6.07) is 7.76. The molecule has 52 valence electrons. The lowest BCUT2D eigenvalue weighted by Crippen LogP contribution is -1.68. The van der Waals surface area contributed by atoms with Crippen molar-refractivity contribution in [2.24, 2.45) is 0 Å². The third-order valence-corrected chi connectivity index (χ3v) is 1.44. The van der Waals surface area contributed by atoms with Crippen LogP contribution >= 0.6 is 11.6 Å². The second kappa shape index (κ2) is 3.43. The first kappa shape index (κ1) is 7.36. The van der Waals surface area contributed by atoms with Gasteiger partial charge < -0.3 is 0 Å². The van der Waals surface area contributed by atoms with Crippen LogP contribution in [0.25, 0.3) is 6.08 Å². The average Bonchev–Trinajstić information content (AvgIpc) is 1.88. The van der Waals surface area contributed by atoms with Gasteiger partial charge in [0.15, 0.2) is 0 Å². The fourth-order valence-electron chi connectivity index (χ4n) is 0.803. The van der Waals surface area contributed by atoms with Gasteiger partial charge in [0, 0.05) is 5.02 Å². The lowest BCUT2D eigenvalue weighted by Gasteiger charge is -1.91. The molecule has 0 aromatic heterocycles. The summed E-state index contributed by atoms with van der Waals surface area (Å²) in [6.07, 6.45) is 4.01. The van der Waals surface area contributed by atoms with Gasteiger partial charge in [0.1, 0.15) is 0 Å². The van der Waals surface area contributed by atoms with Crippen molar-refractivity contribution in [3.63, 3.8) is 0 Å². The molecule has 0 heterocycles. The van der Waals surface area contributed by atoms with Crippen molar-refractivity contribution in [2.45, 2.75) is 6.92 Å². The molecule has 1 aromatic rings. The highest BCUT2D eigenvalue weighted by Gasteiger charge is 1.86. The second-order valence-corrected chi connectivity index (χ2v) is 2.49. The third-order valence-electron chi connectivity index (χ3n) is 1.21. The Kier molecular flexibility index (Phi) is 2.52. The van der Waals surface area contributed by atoms with Gasteiger partial charge in [0.05, 0.1) is 0 Å².